The van der Waals surface area contributed by atoms with E-state index in [2.05, 4.69) is 4.98 Å². The predicted molar refractivity (Wildman–Crippen MR) is 69.4 cm³/mol. The summed E-state index contributed by atoms with van der Waals surface area (Å²) in [4.78, 5) is 4.06. The van der Waals surface area contributed by atoms with E-state index in [9.17, 15) is 0 Å². The summed E-state index contributed by atoms with van der Waals surface area (Å²) < 4.78 is 5.16. The fourth-order valence-electron chi connectivity index (χ4n) is 1.14. The van der Waals surface area contributed by atoms with Crippen molar-refractivity contribution in [2.75, 3.05) is 0 Å². The average molecular weight is 219 g/mol. The van der Waals surface area contributed by atoms with Gasteiger partial charge in [0.2, 0.25) is 5.89 Å². The minimum absolute atomic E-state index is 0.679. The van der Waals surface area contributed by atoms with E-state index >= 15 is 0 Å². The van der Waals surface area contributed by atoms with E-state index in [1.54, 1.807) is 12.5 Å². The Kier molecular flexibility index (Phi) is 7.86. The summed E-state index contributed by atoms with van der Waals surface area (Å²) in [5.41, 5.74) is 2.24. The van der Waals surface area contributed by atoms with Gasteiger partial charge in [-0.3, -0.25) is 0 Å². The lowest BCUT2D eigenvalue weighted by Crippen LogP contribution is -1.77. The Morgan fingerprint density at radius 3 is 2.25 bits per heavy atom. The van der Waals surface area contributed by atoms with Gasteiger partial charge in [0.25, 0.3) is 0 Å². The van der Waals surface area contributed by atoms with Crippen LogP contribution in [0, 0.1) is 6.92 Å². The molecule has 0 spiro atoms. The van der Waals surface area contributed by atoms with E-state index in [4.69, 9.17) is 4.42 Å². The molecule has 2 heteroatoms. The molecule has 2 aromatic rings. The van der Waals surface area contributed by atoms with Gasteiger partial charge in [-0.2, -0.15) is 0 Å². The second-order valence-corrected chi connectivity index (χ2v) is 2.71. The summed E-state index contributed by atoms with van der Waals surface area (Å²) in [6, 6.07) is 8.08. The quantitative estimate of drug-likeness (QED) is 0.694. The van der Waals surface area contributed by atoms with E-state index in [1.807, 2.05) is 58.9 Å². The lowest BCUT2D eigenvalue weighted by Gasteiger charge is -1.95. The molecule has 1 heterocycles. The fraction of sp³-hybridized carbons (Fsp3) is 0.357. The summed E-state index contributed by atoms with van der Waals surface area (Å²) in [6.45, 7) is 10.0. The molecule has 0 radical (unpaired) electrons. The Balaban J connectivity index is 0.000000509. The molecule has 2 rings (SSSR count). The van der Waals surface area contributed by atoms with Crippen LogP contribution in [-0.2, 0) is 0 Å². The van der Waals surface area contributed by atoms with Crippen LogP contribution in [0.4, 0.5) is 0 Å². The number of benzene rings is 1. The van der Waals surface area contributed by atoms with Crippen molar-refractivity contribution in [3.8, 4) is 11.5 Å². The third-order valence-corrected chi connectivity index (χ3v) is 1.70. The Labute approximate surface area is 98.3 Å². The van der Waals surface area contributed by atoms with Gasteiger partial charge in [-0.15, -0.1) is 0 Å². The first-order valence-electron chi connectivity index (χ1n) is 5.83. The minimum atomic E-state index is 0.679. The van der Waals surface area contributed by atoms with Crippen LogP contribution in [0.1, 0.15) is 33.3 Å². The third kappa shape index (κ3) is 4.30. The highest BCUT2D eigenvalue weighted by Gasteiger charge is 2.00. The molecule has 0 N–H and O–H groups in total. The lowest BCUT2D eigenvalue weighted by molar-refractivity contribution is 0.574. The Hall–Kier alpha value is -1.57. The molecule has 1 aromatic carbocycles. The summed E-state index contributed by atoms with van der Waals surface area (Å²) in [6.07, 6.45) is 3.23. The summed E-state index contributed by atoms with van der Waals surface area (Å²) in [5, 5.41) is 0. The van der Waals surface area contributed by atoms with Gasteiger partial charge in [0, 0.05) is 5.56 Å². The Morgan fingerprint density at radius 2 is 1.75 bits per heavy atom. The van der Waals surface area contributed by atoms with Gasteiger partial charge in [0.05, 0.1) is 6.20 Å². The molecule has 0 aliphatic rings. The first-order chi connectivity index (χ1) is 7.86. The normalized spacial score (nSPS) is 8.31. The highest BCUT2D eigenvalue weighted by Crippen LogP contribution is 2.17. The molecule has 88 valence electrons. The van der Waals surface area contributed by atoms with Gasteiger partial charge in [0.15, 0.2) is 0 Å². The molecule has 0 saturated heterocycles. The molecule has 1 aromatic heterocycles. The second kappa shape index (κ2) is 8.72. The maximum absolute atomic E-state index is 5.16. The van der Waals surface area contributed by atoms with E-state index in [-0.39, 0.29) is 0 Å². The van der Waals surface area contributed by atoms with Crippen molar-refractivity contribution in [2.45, 2.75) is 34.6 Å². The van der Waals surface area contributed by atoms with Crippen LogP contribution < -0.4 is 0 Å². The maximum Gasteiger partial charge on any atom is 0.225 e. The zero-order chi connectivity index (χ0) is 12.4. The highest BCUT2D eigenvalue weighted by molar-refractivity contribution is 5.53. The smallest absolute Gasteiger partial charge is 0.225 e. The Morgan fingerprint density at radius 1 is 1.06 bits per heavy atom. The predicted octanol–water partition coefficient (Wildman–Crippen LogP) is 4.70. The van der Waals surface area contributed by atoms with Gasteiger partial charge >= 0.3 is 0 Å². The average Bonchev–Trinajstić information content (AvgIpc) is 2.88. The molecule has 0 aliphatic carbocycles. The van der Waals surface area contributed by atoms with Gasteiger partial charge in [0.1, 0.15) is 6.26 Å². The third-order valence-electron chi connectivity index (χ3n) is 1.70. The zero-order valence-electron chi connectivity index (χ0n) is 10.8. The number of hydrogen-bond donors (Lipinski definition) is 0. The van der Waals surface area contributed by atoms with Crippen molar-refractivity contribution in [2.24, 2.45) is 0 Å². The van der Waals surface area contributed by atoms with Gasteiger partial charge in [-0.1, -0.05) is 45.4 Å². The molecule has 2 nitrogen and oxygen atoms in total. The number of aryl methyl sites for hydroxylation is 1. The van der Waals surface area contributed by atoms with Crippen molar-refractivity contribution in [3.05, 3.63) is 42.3 Å². The number of aromatic nitrogens is 1. The summed E-state index contributed by atoms with van der Waals surface area (Å²) in [7, 11) is 0. The van der Waals surface area contributed by atoms with Crippen molar-refractivity contribution in [1.82, 2.24) is 4.98 Å². The largest absolute Gasteiger partial charge is 0.445 e. The first kappa shape index (κ1) is 14.4. The van der Waals surface area contributed by atoms with Crippen LogP contribution in [0.5, 0.6) is 0 Å². The van der Waals surface area contributed by atoms with Crippen LogP contribution in [0.25, 0.3) is 11.5 Å². The van der Waals surface area contributed by atoms with Gasteiger partial charge in [-0.05, 0) is 19.1 Å². The SMILES string of the molecule is CC.CC.Cc1cccc(-c2ncco2)c1. The van der Waals surface area contributed by atoms with E-state index in [0.717, 1.165) is 5.56 Å². The lowest BCUT2D eigenvalue weighted by atomic mass is 10.1. The van der Waals surface area contributed by atoms with Crippen molar-refractivity contribution >= 4 is 0 Å². The molecular weight excluding hydrogens is 198 g/mol. The second-order valence-electron chi connectivity index (χ2n) is 2.71. The molecule has 0 saturated carbocycles. The molecule has 0 aliphatic heterocycles. The number of oxazole rings is 1. The van der Waals surface area contributed by atoms with E-state index < -0.39 is 0 Å². The summed E-state index contributed by atoms with van der Waals surface area (Å²) >= 11 is 0. The van der Waals surface area contributed by atoms with Gasteiger partial charge < -0.3 is 4.42 Å². The monoisotopic (exact) mass is 219 g/mol. The van der Waals surface area contributed by atoms with E-state index in [1.165, 1.54) is 5.56 Å². The highest BCUT2D eigenvalue weighted by atomic mass is 16.3. The molecule has 0 amide bonds. The van der Waals surface area contributed by atoms with Crippen molar-refractivity contribution < 1.29 is 4.42 Å². The number of hydrogen-bond acceptors (Lipinski definition) is 2. The molecule has 0 bridgehead atoms. The topological polar surface area (TPSA) is 26.0 Å². The molecule has 0 atom stereocenters. The van der Waals surface area contributed by atoms with E-state index in [0.29, 0.717) is 5.89 Å². The maximum atomic E-state index is 5.16. The molecular formula is C14H21NO. The van der Waals surface area contributed by atoms with Crippen LogP contribution >= 0.6 is 0 Å². The first-order valence-corrected chi connectivity index (χ1v) is 5.83. The molecule has 0 unspecified atom stereocenters. The standard InChI is InChI=1S/C10H9NO.2C2H6/c1-8-3-2-4-9(7-8)10-11-5-6-12-10;2*1-2/h2-7H,1H3;2*1-2H3. The molecule has 0 fully saturated rings. The minimum Gasteiger partial charge on any atom is -0.445 e. The van der Waals surface area contributed by atoms with Crippen LogP contribution in [0.15, 0.2) is 41.1 Å². The van der Waals surface area contributed by atoms with Gasteiger partial charge in [-0.25, -0.2) is 4.98 Å². The Bertz CT molecular complexity index is 366. The number of rotatable bonds is 1. The fourth-order valence-corrected chi connectivity index (χ4v) is 1.14. The summed E-state index contributed by atoms with van der Waals surface area (Å²) in [5.74, 6) is 0.679. The zero-order valence-corrected chi connectivity index (χ0v) is 10.8. The van der Waals surface area contributed by atoms with Crippen LogP contribution in [0.3, 0.4) is 0 Å². The number of nitrogens with zero attached hydrogens (tertiary/aromatic N) is 1. The van der Waals surface area contributed by atoms with Crippen molar-refractivity contribution in [3.63, 3.8) is 0 Å². The molecule has 16 heavy (non-hydrogen) atoms. The van der Waals surface area contributed by atoms with Crippen LogP contribution in [0.2, 0.25) is 0 Å². The van der Waals surface area contributed by atoms with Crippen molar-refractivity contribution in [1.29, 1.82) is 0 Å². The van der Waals surface area contributed by atoms with Crippen LogP contribution in [-0.4, -0.2) is 4.98 Å².